The molecule has 0 saturated heterocycles. The van der Waals surface area contributed by atoms with Gasteiger partial charge < -0.3 is 14.9 Å². The summed E-state index contributed by atoms with van der Waals surface area (Å²) in [6.45, 7) is 3.69. The Kier molecular flexibility index (Phi) is 11.3. The predicted molar refractivity (Wildman–Crippen MR) is 105 cm³/mol. The molecule has 6 atom stereocenters. The summed E-state index contributed by atoms with van der Waals surface area (Å²) in [5.74, 6) is 5.11. The minimum absolute atomic E-state index is 0.00156. The third-order valence-corrected chi connectivity index (χ3v) is 5.48. The van der Waals surface area contributed by atoms with Crippen molar-refractivity contribution in [2.24, 2.45) is 17.8 Å². The van der Waals surface area contributed by atoms with Crippen LogP contribution < -0.4 is 0 Å². The van der Waals surface area contributed by atoms with Crippen LogP contribution in [0.5, 0.6) is 0 Å². The van der Waals surface area contributed by atoms with E-state index >= 15 is 0 Å². The van der Waals surface area contributed by atoms with Gasteiger partial charge in [0.25, 0.3) is 0 Å². The standard InChI is InChI=1S/C22H35FO4/c1-4-5-10-16(2)20(24)14-13-18-17(19(23)15-21(18)25)11-8-6-7-9-12-22(26)27-3/h13-14,16-21,24-25H,6-12,15H2,1-3H3/b14-13+/t16-,17+,18+,19-,20+,21+/m0/s1. The summed E-state index contributed by atoms with van der Waals surface area (Å²) < 4.78 is 18.9. The van der Waals surface area contributed by atoms with Gasteiger partial charge in [-0.05, 0) is 31.6 Å². The van der Waals surface area contributed by atoms with E-state index in [9.17, 15) is 19.4 Å². The lowest BCUT2D eigenvalue weighted by Gasteiger charge is -2.21. The first kappa shape index (κ1) is 23.7. The van der Waals surface area contributed by atoms with Crippen LogP contribution in [0.3, 0.4) is 0 Å². The molecule has 0 aliphatic heterocycles. The first-order valence-corrected chi connectivity index (χ1v) is 10.1. The van der Waals surface area contributed by atoms with E-state index in [1.165, 1.54) is 7.11 Å². The van der Waals surface area contributed by atoms with E-state index in [1.54, 1.807) is 19.1 Å². The lowest BCUT2D eigenvalue weighted by molar-refractivity contribution is -0.140. The van der Waals surface area contributed by atoms with Crippen molar-refractivity contribution in [3.63, 3.8) is 0 Å². The largest absolute Gasteiger partial charge is 0.469 e. The van der Waals surface area contributed by atoms with E-state index in [4.69, 9.17) is 0 Å². The molecular formula is C22H35FO4. The van der Waals surface area contributed by atoms with Crippen LogP contribution in [0.1, 0.15) is 65.2 Å². The maximum atomic E-state index is 14.3. The molecule has 154 valence electrons. The van der Waals surface area contributed by atoms with Crippen LogP contribution in [-0.4, -0.2) is 41.7 Å². The number of rotatable bonds is 11. The first-order valence-electron chi connectivity index (χ1n) is 10.1. The lowest BCUT2D eigenvalue weighted by atomic mass is 9.87. The third-order valence-electron chi connectivity index (χ3n) is 5.48. The molecule has 0 spiro atoms. The van der Waals surface area contributed by atoms with E-state index in [-0.39, 0.29) is 30.1 Å². The summed E-state index contributed by atoms with van der Waals surface area (Å²) in [6.07, 6.45) is 6.54. The van der Waals surface area contributed by atoms with Gasteiger partial charge in [0.1, 0.15) is 6.17 Å². The van der Waals surface area contributed by atoms with Crippen LogP contribution in [0.25, 0.3) is 0 Å². The number of carbonyl (C=O) groups excluding carboxylic acids is 1. The molecule has 4 nitrogen and oxygen atoms in total. The Labute approximate surface area is 163 Å². The molecular weight excluding hydrogens is 347 g/mol. The normalized spacial score (nSPS) is 27.2. The van der Waals surface area contributed by atoms with Gasteiger partial charge in [0.2, 0.25) is 0 Å². The fourth-order valence-corrected chi connectivity index (χ4v) is 3.65. The third kappa shape index (κ3) is 8.45. The van der Waals surface area contributed by atoms with E-state index in [0.717, 1.165) is 25.7 Å². The minimum atomic E-state index is -1.01. The van der Waals surface area contributed by atoms with Gasteiger partial charge >= 0.3 is 5.97 Å². The van der Waals surface area contributed by atoms with Crippen molar-refractivity contribution < 1.29 is 24.1 Å². The van der Waals surface area contributed by atoms with Crippen molar-refractivity contribution in [3.8, 4) is 11.8 Å². The van der Waals surface area contributed by atoms with Gasteiger partial charge in [-0.3, -0.25) is 4.79 Å². The topological polar surface area (TPSA) is 66.8 Å². The average molecular weight is 383 g/mol. The number of aliphatic hydroxyl groups is 2. The molecule has 0 aromatic heterocycles. The van der Waals surface area contributed by atoms with Crippen LogP contribution in [-0.2, 0) is 9.53 Å². The van der Waals surface area contributed by atoms with Gasteiger partial charge in [-0.25, -0.2) is 4.39 Å². The van der Waals surface area contributed by atoms with E-state index in [1.807, 2.05) is 6.92 Å². The molecule has 0 bridgehead atoms. The van der Waals surface area contributed by atoms with E-state index in [2.05, 4.69) is 16.6 Å². The molecule has 5 heteroatoms. The highest BCUT2D eigenvalue weighted by molar-refractivity contribution is 5.68. The zero-order valence-corrected chi connectivity index (χ0v) is 16.9. The Morgan fingerprint density at radius 3 is 2.70 bits per heavy atom. The maximum absolute atomic E-state index is 14.3. The van der Waals surface area contributed by atoms with Crippen LogP contribution in [0, 0.1) is 29.6 Å². The summed E-state index contributed by atoms with van der Waals surface area (Å²) in [4.78, 5) is 11.1. The number of unbranched alkanes of at least 4 members (excludes halogenated alkanes) is 3. The summed E-state index contributed by atoms with van der Waals surface area (Å²) in [5, 5.41) is 20.4. The van der Waals surface area contributed by atoms with Crippen LogP contribution in [0.2, 0.25) is 0 Å². The fraction of sp³-hybridized carbons (Fsp3) is 0.773. The number of esters is 1. The predicted octanol–water partition coefficient (Wildman–Crippen LogP) is 3.80. The lowest BCUT2D eigenvalue weighted by Crippen LogP contribution is -2.21. The van der Waals surface area contributed by atoms with E-state index in [0.29, 0.717) is 19.3 Å². The molecule has 1 aliphatic rings. The molecule has 1 saturated carbocycles. The van der Waals surface area contributed by atoms with Crippen LogP contribution >= 0.6 is 0 Å². The Hall–Kier alpha value is -1.38. The fourth-order valence-electron chi connectivity index (χ4n) is 3.65. The van der Waals surface area contributed by atoms with Gasteiger partial charge in [0, 0.05) is 25.2 Å². The SMILES string of the molecule is CC#CC[C@H](C)[C@H](O)/C=C/[C@@H]1[C@@H](CCCCCCC(=O)OC)[C@@H](F)C[C@H]1O. The van der Waals surface area contributed by atoms with Crippen molar-refractivity contribution in [3.05, 3.63) is 12.2 Å². The molecule has 1 aliphatic carbocycles. The Balaban J connectivity index is 2.45. The Bertz CT molecular complexity index is 522. The molecule has 0 radical (unpaired) electrons. The number of halogens is 1. The monoisotopic (exact) mass is 382 g/mol. The molecule has 2 N–H and O–H groups in total. The van der Waals surface area contributed by atoms with Gasteiger partial charge in [0.15, 0.2) is 0 Å². The Morgan fingerprint density at radius 2 is 2.04 bits per heavy atom. The second-order valence-corrected chi connectivity index (χ2v) is 7.57. The van der Waals surface area contributed by atoms with Crippen molar-refractivity contribution in [2.75, 3.05) is 7.11 Å². The molecule has 0 aromatic rings. The number of ether oxygens (including phenoxy) is 1. The number of carbonyl (C=O) groups is 1. The zero-order chi connectivity index (χ0) is 20.2. The molecule has 27 heavy (non-hydrogen) atoms. The van der Waals surface area contributed by atoms with Crippen LogP contribution in [0.4, 0.5) is 4.39 Å². The van der Waals surface area contributed by atoms with Crippen molar-refractivity contribution >= 4 is 5.97 Å². The highest BCUT2D eigenvalue weighted by atomic mass is 19.1. The number of hydrogen-bond acceptors (Lipinski definition) is 4. The molecule has 0 heterocycles. The smallest absolute Gasteiger partial charge is 0.305 e. The second kappa shape index (κ2) is 12.9. The minimum Gasteiger partial charge on any atom is -0.469 e. The summed E-state index contributed by atoms with van der Waals surface area (Å²) in [7, 11) is 1.39. The van der Waals surface area contributed by atoms with E-state index < -0.39 is 18.4 Å². The maximum Gasteiger partial charge on any atom is 0.305 e. The number of methoxy groups -OCH3 is 1. The molecule has 1 rings (SSSR count). The van der Waals surface area contributed by atoms with Gasteiger partial charge in [-0.15, -0.1) is 11.8 Å². The van der Waals surface area contributed by atoms with Crippen LogP contribution in [0.15, 0.2) is 12.2 Å². The van der Waals surface area contributed by atoms with Gasteiger partial charge in [0.05, 0.1) is 19.3 Å². The van der Waals surface area contributed by atoms with Gasteiger partial charge in [-0.1, -0.05) is 38.3 Å². The number of hydrogen-bond donors (Lipinski definition) is 2. The quantitative estimate of drug-likeness (QED) is 0.247. The molecule has 1 fully saturated rings. The molecule has 0 amide bonds. The molecule has 0 aromatic carbocycles. The number of aliphatic hydroxyl groups excluding tert-OH is 2. The summed E-state index contributed by atoms with van der Waals surface area (Å²) >= 11 is 0. The van der Waals surface area contributed by atoms with Crippen molar-refractivity contribution in [1.29, 1.82) is 0 Å². The van der Waals surface area contributed by atoms with Crippen molar-refractivity contribution in [1.82, 2.24) is 0 Å². The first-order chi connectivity index (χ1) is 12.9. The number of alkyl halides is 1. The van der Waals surface area contributed by atoms with Crippen molar-refractivity contribution in [2.45, 2.75) is 83.6 Å². The van der Waals surface area contributed by atoms with Gasteiger partial charge in [-0.2, -0.15) is 0 Å². The summed E-state index contributed by atoms with van der Waals surface area (Å²) in [5.41, 5.74) is 0. The average Bonchev–Trinajstić information content (AvgIpc) is 2.92. The highest BCUT2D eigenvalue weighted by Gasteiger charge is 2.40. The second-order valence-electron chi connectivity index (χ2n) is 7.57. The molecule has 0 unspecified atom stereocenters. The highest BCUT2D eigenvalue weighted by Crippen LogP contribution is 2.39. The Morgan fingerprint density at radius 1 is 1.33 bits per heavy atom. The summed E-state index contributed by atoms with van der Waals surface area (Å²) in [6, 6.07) is 0. The zero-order valence-electron chi connectivity index (χ0n) is 16.9.